The van der Waals surface area contributed by atoms with Crippen LogP contribution in [0.4, 0.5) is 0 Å². The van der Waals surface area contributed by atoms with Crippen LogP contribution in [0.15, 0.2) is 51.7 Å². The van der Waals surface area contributed by atoms with Crippen molar-refractivity contribution in [2.75, 3.05) is 6.35 Å². The van der Waals surface area contributed by atoms with Crippen molar-refractivity contribution in [3.8, 4) is 28.6 Å². The zero-order valence-corrected chi connectivity index (χ0v) is 13.5. The highest BCUT2D eigenvalue weighted by Crippen LogP contribution is 2.39. The summed E-state index contributed by atoms with van der Waals surface area (Å²) in [5.41, 5.74) is -0.174. The van der Waals surface area contributed by atoms with Crippen molar-refractivity contribution in [2.45, 2.75) is 0 Å². The zero-order chi connectivity index (χ0) is 18.2. The molecule has 9 heteroatoms. The summed E-state index contributed by atoms with van der Waals surface area (Å²) in [5, 5.41) is 20.1. The fraction of sp³-hybridized carbons (Fsp3) is 0.0625. The number of ether oxygens (including phenoxy) is 1. The quantitative estimate of drug-likeness (QED) is 0.518. The molecular weight excluding hydrogens is 351 g/mol. The molecule has 0 saturated carbocycles. The molecule has 3 aromatic rings. The van der Waals surface area contributed by atoms with E-state index < -0.39 is 25.1 Å². The second-order valence-corrected chi connectivity index (χ2v) is 6.81. The van der Waals surface area contributed by atoms with Gasteiger partial charge in [-0.15, -0.1) is 0 Å². The molecule has 3 rings (SSSR count). The molecule has 25 heavy (non-hydrogen) atoms. The molecule has 0 fully saturated rings. The molecule has 0 unspecified atom stereocenters. The highest BCUT2D eigenvalue weighted by Gasteiger charge is 2.19. The topological polar surface area (TPSA) is 137 Å². The number of para-hydroxylation sites is 1. The van der Waals surface area contributed by atoms with E-state index in [9.17, 15) is 19.6 Å². The first-order valence-corrected chi connectivity index (χ1v) is 8.81. The van der Waals surface area contributed by atoms with Gasteiger partial charge in [-0.2, -0.15) is 0 Å². The van der Waals surface area contributed by atoms with E-state index in [1.54, 1.807) is 18.2 Å². The van der Waals surface area contributed by atoms with Crippen molar-refractivity contribution in [1.82, 2.24) is 0 Å². The van der Waals surface area contributed by atoms with Crippen molar-refractivity contribution >= 4 is 18.6 Å². The van der Waals surface area contributed by atoms with E-state index in [1.807, 2.05) is 0 Å². The molecule has 0 atom stereocenters. The van der Waals surface area contributed by atoms with Gasteiger partial charge in [0.15, 0.2) is 23.6 Å². The third-order valence-electron chi connectivity index (χ3n) is 3.38. The van der Waals surface area contributed by atoms with Crippen molar-refractivity contribution in [3.63, 3.8) is 0 Å². The van der Waals surface area contributed by atoms with Crippen LogP contribution in [0.25, 0.3) is 22.3 Å². The highest BCUT2D eigenvalue weighted by molar-refractivity contribution is 7.51. The molecule has 8 nitrogen and oxygen atoms in total. The Morgan fingerprint density at radius 1 is 1.08 bits per heavy atom. The Morgan fingerprint density at radius 2 is 1.80 bits per heavy atom. The van der Waals surface area contributed by atoms with Gasteiger partial charge in [0.2, 0.25) is 11.2 Å². The van der Waals surface area contributed by atoms with Crippen LogP contribution >= 0.6 is 7.60 Å². The minimum atomic E-state index is -4.44. The Morgan fingerprint density at radius 3 is 2.52 bits per heavy atom. The molecule has 0 radical (unpaired) electrons. The summed E-state index contributed by atoms with van der Waals surface area (Å²) in [5.74, 6) is -1.36. The van der Waals surface area contributed by atoms with Crippen molar-refractivity contribution in [2.24, 2.45) is 0 Å². The molecule has 0 amide bonds. The maximum absolute atomic E-state index is 12.2. The molecule has 1 heterocycles. The lowest BCUT2D eigenvalue weighted by Crippen LogP contribution is -2.02. The third kappa shape index (κ3) is 3.51. The predicted molar refractivity (Wildman–Crippen MR) is 88.8 cm³/mol. The van der Waals surface area contributed by atoms with Gasteiger partial charge in [-0.25, -0.2) is 0 Å². The van der Waals surface area contributed by atoms with Crippen LogP contribution in [-0.2, 0) is 4.57 Å². The molecular formula is C16H13O8P. The minimum Gasteiger partial charge on any atom is -0.504 e. The Labute approximate surface area is 140 Å². The largest absolute Gasteiger partial charge is 0.504 e. The molecule has 0 aliphatic heterocycles. The van der Waals surface area contributed by atoms with E-state index in [0.29, 0.717) is 0 Å². The van der Waals surface area contributed by atoms with Crippen molar-refractivity contribution in [3.05, 3.63) is 52.7 Å². The van der Waals surface area contributed by atoms with E-state index >= 15 is 0 Å². The summed E-state index contributed by atoms with van der Waals surface area (Å²) < 4.78 is 21.4. The van der Waals surface area contributed by atoms with Crippen molar-refractivity contribution < 1.29 is 33.7 Å². The number of hydrogen-bond acceptors (Lipinski definition) is 6. The molecule has 2 aromatic carbocycles. The van der Waals surface area contributed by atoms with Crippen LogP contribution < -0.4 is 10.2 Å². The lowest BCUT2D eigenvalue weighted by atomic mass is 10.1. The van der Waals surface area contributed by atoms with E-state index in [4.69, 9.17) is 18.9 Å². The fourth-order valence-corrected chi connectivity index (χ4v) is 2.56. The predicted octanol–water partition coefficient (Wildman–Crippen LogP) is 2.39. The van der Waals surface area contributed by atoms with Gasteiger partial charge in [-0.3, -0.25) is 9.36 Å². The summed E-state index contributed by atoms with van der Waals surface area (Å²) in [6.45, 7) is 0. The molecule has 1 aromatic heterocycles. The van der Waals surface area contributed by atoms with E-state index in [1.165, 1.54) is 24.3 Å². The Bertz CT molecular complexity index is 1050. The van der Waals surface area contributed by atoms with Gasteiger partial charge in [-0.1, -0.05) is 12.1 Å². The van der Waals surface area contributed by atoms with Crippen LogP contribution in [-0.4, -0.2) is 26.3 Å². The Hall–Kier alpha value is -2.80. The van der Waals surface area contributed by atoms with Crippen LogP contribution in [0.5, 0.6) is 17.2 Å². The molecule has 0 bridgehead atoms. The molecule has 0 spiro atoms. The molecule has 4 N–H and O–H groups in total. The lowest BCUT2D eigenvalue weighted by Gasteiger charge is -2.11. The summed E-state index contributed by atoms with van der Waals surface area (Å²) in [7, 11) is -4.44. The normalized spacial score (nSPS) is 11.6. The zero-order valence-electron chi connectivity index (χ0n) is 12.6. The standard InChI is InChI=1S/C16H13O8P/c17-11-6-5-9(7-13(11)23-8-25(20,21)22)16-15(19)14(18)10-3-1-2-4-12(10)24-16/h1-7,17,19H,8H2,(H2,20,21,22). The van der Waals surface area contributed by atoms with Gasteiger partial charge in [0.1, 0.15) is 5.58 Å². The van der Waals surface area contributed by atoms with Gasteiger partial charge >= 0.3 is 7.60 Å². The number of phenolic OH excluding ortho intramolecular Hbond substituents is 1. The molecule has 130 valence electrons. The van der Waals surface area contributed by atoms with Gasteiger partial charge < -0.3 is 29.2 Å². The number of hydrogen-bond donors (Lipinski definition) is 4. The van der Waals surface area contributed by atoms with Crippen LogP contribution in [0, 0.1) is 0 Å². The van der Waals surface area contributed by atoms with Gasteiger partial charge in [-0.05, 0) is 30.3 Å². The summed E-state index contributed by atoms with van der Waals surface area (Å²) in [6.07, 6.45) is -0.933. The Balaban J connectivity index is 2.11. The summed E-state index contributed by atoms with van der Waals surface area (Å²) in [4.78, 5) is 30.0. The number of fused-ring (bicyclic) bond motifs is 1. The third-order valence-corrected chi connectivity index (χ3v) is 3.85. The SMILES string of the molecule is O=c1c(O)c(-c2ccc(O)c(OCP(=O)(O)O)c2)oc2ccccc12. The summed E-state index contributed by atoms with van der Waals surface area (Å²) in [6, 6.07) is 10.1. The number of aromatic hydroxyl groups is 2. The average molecular weight is 364 g/mol. The number of rotatable bonds is 4. The fourth-order valence-electron chi connectivity index (χ4n) is 2.25. The average Bonchev–Trinajstić information content (AvgIpc) is 2.57. The number of phenols is 1. The van der Waals surface area contributed by atoms with E-state index in [0.717, 1.165) is 0 Å². The highest BCUT2D eigenvalue weighted by atomic mass is 31.2. The van der Waals surface area contributed by atoms with Gasteiger partial charge in [0.05, 0.1) is 5.39 Å². The first kappa shape index (κ1) is 17.0. The maximum atomic E-state index is 12.2. The van der Waals surface area contributed by atoms with Crippen LogP contribution in [0.3, 0.4) is 0 Å². The van der Waals surface area contributed by atoms with E-state index in [-0.39, 0.29) is 33.8 Å². The van der Waals surface area contributed by atoms with Crippen LogP contribution in [0.2, 0.25) is 0 Å². The van der Waals surface area contributed by atoms with Gasteiger partial charge in [0.25, 0.3) is 0 Å². The van der Waals surface area contributed by atoms with Crippen LogP contribution in [0.1, 0.15) is 0 Å². The second-order valence-electron chi connectivity index (χ2n) is 5.23. The Kier molecular flexibility index (Phi) is 4.26. The number of benzene rings is 2. The van der Waals surface area contributed by atoms with Gasteiger partial charge in [0, 0.05) is 5.56 Å². The lowest BCUT2D eigenvalue weighted by molar-refractivity contribution is 0.292. The van der Waals surface area contributed by atoms with E-state index in [2.05, 4.69) is 0 Å². The molecule has 0 saturated heterocycles. The smallest absolute Gasteiger partial charge is 0.362 e. The maximum Gasteiger partial charge on any atom is 0.362 e. The first-order valence-electron chi connectivity index (χ1n) is 7.02. The first-order chi connectivity index (χ1) is 11.8. The van der Waals surface area contributed by atoms with Crippen molar-refractivity contribution in [1.29, 1.82) is 0 Å². The molecule has 0 aliphatic carbocycles. The molecule has 0 aliphatic rings. The summed E-state index contributed by atoms with van der Waals surface area (Å²) >= 11 is 0. The monoisotopic (exact) mass is 364 g/mol. The minimum absolute atomic E-state index is 0.148. The second kappa shape index (κ2) is 6.25.